The van der Waals surface area contributed by atoms with Crippen LogP contribution in [0.3, 0.4) is 0 Å². The van der Waals surface area contributed by atoms with E-state index in [2.05, 4.69) is 22.9 Å². The summed E-state index contributed by atoms with van der Waals surface area (Å²) in [5.74, 6) is -0.860. The van der Waals surface area contributed by atoms with E-state index in [1.165, 1.54) is 5.56 Å². The van der Waals surface area contributed by atoms with Crippen molar-refractivity contribution in [3.8, 4) is 0 Å². The molecule has 1 heterocycles. The second kappa shape index (κ2) is 12.3. The molecule has 8 heteroatoms. The van der Waals surface area contributed by atoms with Gasteiger partial charge in [0.25, 0.3) is 11.8 Å². The van der Waals surface area contributed by atoms with Crippen molar-refractivity contribution < 1.29 is 19.1 Å². The maximum Gasteiger partial charge on any atom is 0.344 e. The topological polar surface area (TPSA) is 91.0 Å². The molecule has 3 rings (SSSR count). The summed E-state index contributed by atoms with van der Waals surface area (Å²) in [4.78, 5) is 40.1. The molecule has 1 aliphatic heterocycles. The molecule has 1 unspecified atom stereocenters. The normalized spacial score (nSPS) is 17.8. The Balaban J connectivity index is 1.52. The number of nitrogens with zero attached hydrogens (tertiary/aromatic N) is 2. The summed E-state index contributed by atoms with van der Waals surface area (Å²) >= 11 is 0. The van der Waals surface area contributed by atoms with Gasteiger partial charge in [-0.15, -0.1) is 0 Å². The van der Waals surface area contributed by atoms with Crippen molar-refractivity contribution in [3.05, 3.63) is 71.8 Å². The minimum absolute atomic E-state index is 0.0654. The molecule has 8 nitrogen and oxygen atoms in total. The highest BCUT2D eigenvalue weighted by molar-refractivity contribution is 6.07. The van der Waals surface area contributed by atoms with E-state index in [-0.39, 0.29) is 6.54 Å². The van der Waals surface area contributed by atoms with Gasteiger partial charge >= 0.3 is 6.03 Å². The number of carbonyl (C=O) groups excluding carboxylic acids is 3. The quantitative estimate of drug-likeness (QED) is 0.443. The average molecular weight is 467 g/mol. The fourth-order valence-electron chi connectivity index (χ4n) is 4.00. The molecule has 182 valence electrons. The molecule has 0 saturated carbocycles. The van der Waals surface area contributed by atoms with Gasteiger partial charge in [0.15, 0.2) is 0 Å². The summed E-state index contributed by atoms with van der Waals surface area (Å²) in [6, 6.07) is 19.3. The lowest BCUT2D eigenvalue weighted by Gasteiger charge is -2.24. The van der Waals surface area contributed by atoms with Crippen molar-refractivity contribution in [2.24, 2.45) is 0 Å². The summed E-state index contributed by atoms with van der Waals surface area (Å²) in [6.45, 7) is 3.51. The van der Waals surface area contributed by atoms with Crippen LogP contribution in [0.15, 0.2) is 60.7 Å². The van der Waals surface area contributed by atoms with Crippen LogP contribution in [0, 0.1) is 0 Å². The molecular weight excluding hydrogens is 432 g/mol. The van der Waals surface area contributed by atoms with E-state index in [1.807, 2.05) is 53.4 Å². The lowest BCUT2D eigenvalue weighted by molar-refractivity contribution is -0.139. The van der Waals surface area contributed by atoms with Gasteiger partial charge in [-0.3, -0.25) is 19.9 Å². The number of hydrazine groups is 1. The first kappa shape index (κ1) is 25.4. The third-order valence-electron chi connectivity index (χ3n) is 6.02. The standard InChI is InChI=1S/C26H34N4O4/c1-26(16-15-22-12-7-4-8-13-22)24(32)30(25(33)27-26)28-23(31)20-29(18-19-34-2)17-9-14-21-10-5-3-6-11-21/h3-8,10-13H,9,14-20H2,1-2H3,(H,27,33)(H,28,31). The number of hydrogen-bond donors (Lipinski definition) is 2. The molecule has 1 fully saturated rings. The van der Waals surface area contributed by atoms with Gasteiger partial charge in [-0.05, 0) is 50.3 Å². The fraction of sp³-hybridized carbons (Fsp3) is 0.423. The van der Waals surface area contributed by atoms with Crippen molar-refractivity contribution >= 4 is 17.8 Å². The molecular formula is C26H34N4O4. The number of imide groups is 1. The Hall–Kier alpha value is -3.23. The summed E-state index contributed by atoms with van der Waals surface area (Å²) in [5, 5.41) is 3.55. The van der Waals surface area contributed by atoms with Gasteiger partial charge in [-0.2, -0.15) is 5.01 Å². The summed E-state index contributed by atoms with van der Waals surface area (Å²) in [5.41, 5.74) is 3.76. The fourth-order valence-corrected chi connectivity index (χ4v) is 4.00. The van der Waals surface area contributed by atoms with E-state index in [1.54, 1.807) is 14.0 Å². The van der Waals surface area contributed by atoms with Gasteiger partial charge in [-0.1, -0.05) is 60.7 Å². The van der Waals surface area contributed by atoms with Crippen LogP contribution in [-0.4, -0.2) is 66.6 Å². The maximum absolute atomic E-state index is 13.0. The molecule has 2 N–H and O–H groups in total. The highest BCUT2D eigenvalue weighted by atomic mass is 16.5. The van der Waals surface area contributed by atoms with E-state index in [9.17, 15) is 14.4 Å². The minimum atomic E-state index is -1.06. The summed E-state index contributed by atoms with van der Waals surface area (Å²) < 4.78 is 5.17. The molecule has 2 aromatic carbocycles. The number of benzene rings is 2. The predicted octanol–water partition coefficient (Wildman–Crippen LogP) is 2.54. The van der Waals surface area contributed by atoms with Crippen molar-refractivity contribution in [3.63, 3.8) is 0 Å². The molecule has 0 bridgehead atoms. The number of hydrogen-bond acceptors (Lipinski definition) is 5. The van der Waals surface area contributed by atoms with Crippen molar-refractivity contribution in [2.45, 2.75) is 38.1 Å². The van der Waals surface area contributed by atoms with Gasteiger partial charge in [-0.25, -0.2) is 4.79 Å². The Labute approximate surface area is 201 Å². The van der Waals surface area contributed by atoms with Crippen molar-refractivity contribution in [2.75, 3.05) is 33.4 Å². The monoisotopic (exact) mass is 466 g/mol. The highest BCUT2D eigenvalue weighted by Gasteiger charge is 2.48. The molecule has 1 atom stereocenters. The molecule has 1 aliphatic rings. The number of methoxy groups -OCH3 is 1. The Morgan fingerprint density at radius 1 is 1.00 bits per heavy atom. The second-order valence-electron chi connectivity index (χ2n) is 8.78. The molecule has 0 aliphatic carbocycles. The van der Waals surface area contributed by atoms with Crippen LogP contribution in [0.4, 0.5) is 4.79 Å². The van der Waals surface area contributed by atoms with E-state index >= 15 is 0 Å². The number of rotatable bonds is 13. The van der Waals surface area contributed by atoms with E-state index < -0.39 is 23.4 Å². The number of aryl methyl sites for hydroxylation is 2. The average Bonchev–Trinajstić information content (AvgIpc) is 3.05. The smallest absolute Gasteiger partial charge is 0.344 e. The summed E-state index contributed by atoms with van der Waals surface area (Å²) in [7, 11) is 1.62. The first-order chi connectivity index (χ1) is 16.4. The zero-order chi connectivity index (χ0) is 24.4. The Morgan fingerprint density at radius 2 is 1.62 bits per heavy atom. The Kier molecular flexibility index (Phi) is 9.18. The zero-order valence-electron chi connectivity index (χ0n) is 20.0. The van der Waals surface area contributed by atoms with E-state index in [4.69, 9.17) is 4.74 Å². The van der Waals surface area contributed by atoms with Gasteiger partial charge in [0.2, 0.25) is 0 Å². The number of nitrogens with one attached hydrogen (secondary N) is 2. The number of ether oxygens (including phenoxy) is 1. The van der Waals surface area contributed by atoms with E-state index in [0.29, 0.717) is 32.5 Å². The van der Waals surface area contributed by atoms with Crippen molar-refractivity contribution in [1.29, 1.82) is 0 Å². The number of urea groups is 1. The molecule has 0 spiro atoms. The summed E-state index contributed by atoms with van der Waals surface area (Å²) in [6.07, 6.45) is 2.85. The van der Waals surface area contributed by atoms with Crippen LogP contribution in [-0.2, 0) is 27.2 Å². The molecule has 34 heavy (non-hydrogen) atoms. The molecule has 1 saturated heterocycles. The molecule has 0 radical (unpaired) electrons. The van der Waals surface area contributed by atoms with Crippen LogP contribution < -0.4 is 10.7 Å². The van der Waals surface area contributed by atoms with Gasteiger partial charge < -0.3 is 10.1 Å². The lowest BCUT2D eigenvalue weighted by atomic mass is 9.93. The van der Waals surface area contributed by atoms with E-state index in [0.717, 1.165) is 23.4 Å². The van der Waals surface area contributed by atoms with Gasteiger partial charge in [0, 0.05) is 13.7 Å². The first-order valence-electron chi connectivity index (χ1n) is 11.7. The van der Waals surface area contributed by atoms with Crippen LogP contribution in [0.25, 0.3) is 0 Å². The zero-order valence-corrected chi connectivity index (χ0v) is 20.0. The lowest BCUT2D eigenvalue weighted by Crippen LogP contribution is -2.51. The van der Waals surface area contributed by atoms with Crippen LogP contribution in [0.2, 0.25) is 0 Å². The first-order valence-corrected chi connectivity index (χ1v) is 11.7. The second-order valence-corrected chi connectivity index (χ2v) is 8.78. The van der Waals surface area contributed by atoms with Gasteiger partial charge in [0.1, 0.15) is 5.54 Å². The highest BCUT2D eigenvalue weighted by Crippen LogP contribution is 2.22. The molecule has 2 aromatic rings. The minimum Gasteiger partial charge on any atom is -0.383 e. The molecule has 4 amide bonds. The number of carbonyl (C=O) groups is 3. The number of amides is 4. The maximum atomic E-state index is 13.0. The van der Waals surface area contributed by atoms with Crippen LogP contribution in [0.5, 0.6) is 0 Å². The Morgan fingerprint density at radius 3 is 2.24 bits per heavy atom. The molecule has 0 aromatic heterocycles. The third kappa shape index (κ3) is 7.13. The third-order valence-corrected chi connectivity index (χ3v) is 6.02. The van der Waals surface area contributed by atoms with Crippen LogP contribution >= 0.6 is 0 Å². The largest absolute Gasteiger partial charge is 0.383 e. The predicted molar refractivity (Wildman–Crippen MR) is 130 cm³/mol. The Bertz CT molecular complexity index is 954. The van der Waals surface area contributed by atoms with Crippen LogP contribution in [0.1, 0.15) is 30.9 Å². The van der Waals surface area contributed by atoms with Gasteiger partial charge in [0.05, 0.1) is 13.2 Å². The SMILES string of the molecule is COCCN(CCCc1ccccc1)CC(=O)NN1C(=O)NC(C)(CCc2ccccc2)C1=O. The van der Waals surface area contributed by atoms with Crippen molar-refractivity contribution in [1.82, 2.24) is 20.7 Å².